The summed E-state index contributed by atoms with van der Waals surface area (Å²) in [4.78, 5) is 15.5. The van der Waals surface area contributed by atoms with Crippen molar-refractivity contribution in [2.24, 2.45) is 0 Å². The summed E-state index contributed by atoms with van der Waals surface area (Å²) in [6, 6.07) is 2.80. The van der Waals surface area contributed by atoms with Crippen LogP contribution in [0.4, 0.5) is 5.69 Å². The summed E-state index contributed by atoms with van der Waals surface area (Å²) < 4.78 is 0. The predicted octanol–water partition coefficient (Wildman–Crippen LogP) is -0.404. The number of amides is 1. The fraction of sp³-hybridized carbons (Fsp3) is 0.455. The monoisotopic (exact) mass is 239 g/mol. The molecule has 0 bridgehead atoms. The minimum atomic E-state index is -0.445. The van der Waals surface area contributed by atoms with Gasteiger partial charge in [-0.15, -0.1) is 0 Å². The molecule has 0 saturated carbocycles. The Bertz CT molecular complexity index is 367. The van der Waals surface area contributed by atoms with Crippen molar-refractivity contribution < 1.29 is 15.0 Å². The summed E-state index contributed by atoms with van der Waals surface area (Å²) in [6.07, 6.45) is 1.50. The van der Waals surface area contributed by atoms with E-state index in [-0.39, 0.29) is 19.1 Å². The summed E-state index contributed by atoms with van der Waals surface area (Å²) in [5, 5.41) is 23.4. The van der Waals surface area contributed by atoms with Crippen molar-refractivity contribution in [2.45, 2.75) is 13.0 Å². The van der Waals surface area contributed by atoms with E-state index in [1.165, 1.54) is 6.20 Å². The van der Waals surface area contributed by atoms with Crippen molar-refractivity contribution in [1.29, 1.82) is 0 Å². The van der Waals surface area contributed by atoms with E-state index in [9.17, 15) is 4.79 Å². The second-order valence-electron chi connectivity index (χ2n) is 3.50. The highest BCUT2D eigenvalue weighted by Crippen LogP contribution is 2.09. The van der Waals surface area contributed by atoms with Gasteiger partial charge in [0.2, 0.25) is 0 Å². The maximum atomic E-state index is 11.5. The van der Waals surface area contributed by atoms with Crippen LogP contribution in [-0.2, 0) is 0 Å². The van der Waals surface area contributed by atoms with E-state index in [0.717, 1.165) is 0 Å². The highest BCUT2D eigenvalue weighted by atomic mass is 16.3. The van der Waals surface area contributed by atoms with Crippen LogP contribution in [-0.4, -0.2) is 46.9 Å². The van der Waals surface area contributed by atoms with Crippen LogP contribution >= 0.6 is 0 Å². The van der Waals surface area contributed by atoms with Crippen LogP contribution in [0.15, 0.2) is 18.3 Å². The summed E-state index contributed by atoms with van der Waals surface area (Å²) in [6.45, 7) is 1.99. The normalized spacial score (nSPS) is 10.4. The Morgan fingerprint density at radius 1 is 1.47 bits per heavy atom. The molecule has 0 aliphatic heterocycles. The maximum absolute atomic E-state index is 11.5. The molecule has 1 aromatic heterocycles. The van der Waals surface area contributed by atoms with Gasteiger partial charge in [0.1, 0.15) is 5.69 Å². The molecular weight excluding hydrogens is 222 g/mol. The quantitative estimate of drug-likeness (QED) is 0.541. The molecule has 0 unspecified atom stereocenters. The van der Waals surface area contributed by atoms with Crippen LogP contribution in [0.2, 0.25) is 0 Å². The lowest BCUT2D eigenvalue weighted by atomic mass is 10.2. The number of aliphatic hydroxyl groups is 2. The highest BCUT2D eigenvalue weighted by molar-refractivity contribution is 5.93. The maximum Gasteiger partial charge on any atom is 0.269 e. The fourth-order valence-corrected chi connectivity index (χ4v) is 1.28. The molecule has 1 amide bonds. The molecule has 0 aromatic carbocycles. The number of nitrogens with one attached hydrogen (secondary N) is 2. The Balaban J connectivity index is 2.75. The van der Waals surface area contributed by atoms with Crippen molar-refractivity contribution in [3.63, 3.8) is 0 Å². The van der Waals surface area contributed by atoms with Gasteiger partial charge in [-0.25, -0.2) is 0 Å². The summed E-state index contributed by atoms with van der Waals surface area (Å²) in [5.74, 6) is -0.249. The molecule has 4 N–H and O–H groups in total. The van der Waals surface area contributed by atoms with E-state index in [2.05, 4.69) is 15.6 Å². The second kappa shape index (κ2) is 6.82. The van der Waals surface area contributed by atoms with Crippen molar-refractivity contribution in [3.05, 3.63) is 24.0 Å². The first-order valence-corrected chi connectivity index (χ1v) is 5.43. The van der Waals surface area contributed by atoms with Gasteiger partial charge in [-0.2, -0.15) is 0 Å². The van der Waals surface area contributed by atoms with E-state index >= 15 is 0 Å². The number of rotatable bonds is 6. The summed E-state index contributed by atoms with van der Waals surface area (Å²) >= 11 is 0. The van der Waals surface area contributed by atoms with Gasteiger partial charge in [0.05, 0.1) is 19.3 Å². The summed E-state index contributed by atoms with van der Waals surface area (Å²) in [7, 11) is 0. The van der Waals surface area contributed by atoms with E-state index < -0.39 is 6.04 Å². The van der Waals surface area contributed by atoms with Crippen LogP contribution in [0.1, 0.15) is 17.4 Å². The third-order valence-electron chi connectivity index (χ3n) is 2.14. The van der Waals surface area contributed by atoms with E-state index in [1.807, 2.05) is 6.92 Å². The molecule has 6 heteroatoms. The zero-order chi connectivity index (χ0) is 12.7. The highest BCUT2D eigenvalue weighted by Gasteiger charge is 2.09. The molecule has 94 valence electrons. The van der Waals surface area contributed by atoms with Gasteiger partial charge in [0.15, 0.2) is 0 Å². The Labute approximate surface area is 99.7 Å². The Morgan fingerprint density at radius 3 is 2.76 bits per heavy atom. The number of aromatic nitrogens is 1. The van der Waals surface area contributed by atoms with Crippen LogP contribution < -0.4 is 10.6 Å². The molecule has 1 aromatic rings. The van der Waals surface area contributed by atoms with Crippen LogP contribution in [0.3, 0.4) is 0 Å². The largest absolute Gasteiger partial charge is 0.394 e. The SMILES string of the molecule is CCNC(=O)c1cc(NC(CO)CO)ccn1. The second-order valence-corrected chi connectivity index (χ2v) is 3.50. The number of pyridine rings is 1. The lowest BCUT2D eigenvalue weighted by molar-refractivity contribution is 0.0951. The van der Waals surface area contributed by atoms with Gasteiger partial charge in [0, 0.05) is 18.4 Å². The first kappa shape index (κ1) is 13.4. The third kappa shape index (κ3) is 4.01. The molecule has 0 aliphatic carbocycles. The molecule has 0 aliphatic rings. The topological polar surface area (TPSA) is 94.5 Å². The van der Waals surface area contributed by atoms with Crippen molar-refractivity contribution in [1.82, 2.24) is 10.3 Å². The minimum Gasteiger partial charge on any atom is -0.394 e. The Hall–Kier alpha value is -1.66. The zero-order valence-corrected chi connectivity index (χ0v) is 9.68. The number of aliphatic hydroxyl groups excluding tert-OH is 2. The molecule has 0 atom stereocenters. The smallest absolute Gasteiger partial charge is 0.269 e. The third-order valence-corrected chi connectivity index (χ3v) is 2.14. The molecule has 0 spiro atoms. The van der Waals surface area contributed by atoms with E-state index in [1.54, 1.807) is 12.1 Å². The summed E-state index contributed by atoms with van der Waals surface area (Å²) in [5.41, 5.74) is 0.931. The van der Waals surface area contributed by atoms with Crippen molar-refractivity contribution >= 4 is 11.6 Å². The van der Waals surface area contributed by atoms with E-state index in [0.29, 0.717) is 17.9 Å². The lowest BCUT2D eigenvalue weighted by Gasteiger charge is -2.14. The molecule has 0 radical (unpaired) electrons. The van der Waals surface area contributed by atoms with Gasteiger partial charge in [-0.1, -0.05) is 0 Å². The standard InChI is InChI=1S/C11H17N3O3/c1-2-12-11(17)10-5-8(3-4-13-10)14-9(6-15)7-16/h3-5,9,15-16H,2,6-7H2,1H3,(H,12,17)(H,13,14). The predicted molar refractivity (Wildman–Crippen MR) is 63.8 cm³/mol. The molecule has 1 rings (SSSR count). The average Bonchev–Trinajstić information content (AvgIpc) is 2.36. The lowest BCUT2D eigenvalue weighted by Crippen LogP contribution is -2.28. The number of anilines is 1. The van der Waals surface area contributed by atoms with Crippen LogP contribution in [0.25, 0.3) is 0 Å². The number of carbonyl (C=O) groups excluding carboxylic acids is 1. The zero-order valence-electron chi connectivity index (χ0n) is 9.68. The van der Waals surface area contributed by atoms with Gasteiger partial charge < -0.3 is 20.8 Å². The van der Waals surface area contributed by atoms with Gasteiger partial charge in [0.25, 0.3) is 5.91 Å². The Morgan fingerprint density at radius 2 is 2.18 bits per heavy atom. The van der Waals surface area contributed by atoms with E-state index in [4.69, 9.17) is 10.2 Å². The molecule has 1 heterocycles. The fourth-order valence-electron chi connectivity index (χ4n) is 1.28. The molecule has 17 heavy (non-hydrogen) atoms. The van der Waals surface area contributed by atoms with Crippen LogP contribution in [0.5, 0.6) is 0 Å². The van der Waals surface area contributed by atoms with Gasteiger partial charge >= 0.3 is 0 Å². The number of hydrogen-bond acceptors (Lipinski definition) is 5. The molecule has 0 fully saturated rings. The number of carbonyl (C=O) groups is 1. The average molecular weight is 239 g/mol. The van der Waals surface area contributed by atoms with Crippen molar-refractivity contribution in [3.8, 4) is 0 Å². The number of hydrogen-bond donors (Lipinski definition) is 4. The molecule has 6 nitrogen and oxygen atoms in total. The molecular formula is C11H17N3O3. The first-order valence-electron chi connectivity index (χ1n) is 5.43. The minimum absolute atomic E-state index is 0.185. The first-order chi connectivity index (χ1) is 8.21. The van der Waals surface area contributed by atoms with Crippen LogP contribution in [0, 0.1) is 0 Å². The Kier molecular flexibility index (Phi) is 5.38. The van der Waals surface area contributed by atoms with Crippen molar-refractivity contribution in [2.75, 3.05) is 25.1 Å². The number of nitrogens with zero attached hydrogens (tertiary/aromatic N) is 1. The van der Waals surface area contributed by atoms with Gasteiger partial charge in [-0.05, 0) is 19.1 Å². The van der Waals surface area contributed by atoms with Gasteiger partial charge in [-0.3, -0.25) is 9.78 Å². The molecule has 0 saturated heterocycles.